The lowest BCUT2D eigenvalue weighted by Crippen LogP contribution is -2.32. The van der Waals surface area contributed by atoms with Crippen LogP contribution >= 0.6 is 0 Å². The molecule has 0 aromatic heterocycles. The minimum absolute atomic E-state index is 0.0255. The molecule has 0 N–H and O–H groups in total. The maximum Gasteiger partial charge on any atom is 0.339 e. The Morgan fingerprint density at radius 1 is 0.935 bits per heavy atom. The van der Waals surface area contributed by atoms with Gasteiger partial charge >= 0.3 is 11.9 Å². The van der Waals surface area contributed by atoms with E-state index < -0.39 is 11.9 Å². The van der Waals surface area contributed by atoms with Gasteiger partial charge in [-0.3, -0.25) is 4.79 Å². The zero-order valence-corrected chi connectivity index (χ0v) is 19.8. The normalized spacial score (nSPS) is 23.1. The van der Waals surface area contributed by atoms with Crippen LogP contribution in [0.25, 0.3) is 0 Å². The van der Waals surface area contributed by atoms with Crippen LogP contribution in [0.4, 0.5) is 0 Å². The number of benzene rings is 1. The molecule has 0 unspecified atom stereocenters. The molecular weight excluding hydrogens is 392 g/mol. The molecule has 1 aromatic rings. The summed E-state index contributed by atoms with van der Waals surface area (Å²) < 4.78 is 10.3. The SMILES string of the molecule is CC1(C)[C@@H]2CC[C@@]1(C)C(=O)C2.CCCCOC(=O)c1ccccc1C(=O)OCCCC. The topological polar surface area (TPSA) is 69.7 Å². The van der Waals surface area contributed by atoms with Crippen molar-refractivity contribution in [3.63, 3.8) is 0 Å². The number of ketones is 1. The molecule has 31 heavy (non-hydrogen) atoms. The molecule has 1 aromatic carbocycles. The van der Waals surface area contributed by atoms with E-state index in [1.165, 1.54) is 6.42 Å². The minimum atomic E-state index is -0.471. The van der Waals surface area contributed by atoms with Crippen LogP contribution in [0.15, 0.2) is 24.3 Å². The van der Waals surface area contributed by atoms with Crippen molar-refractivity contribution in [3.8, 4) is 0 Å². The van der Waals surface area contributed by atoms with Gasteiger partial charge in [-0.25, -0.2) is 9.59 Å². The van der Waals surface area contributed by atoms with E-state index in [2.05, 4.69) is 20.8 Å². The Bertz CT molecular complexity index is 741. The van der Waals surface area contributed by atoms with Gasteiger partial charge in [0.15, 0.2) is 0 Å². The number of Topliss-reactive ketones (excluding diaryl/α,β-unsaturated/α-hetero) is 1. The summed E-state index contributed by atoms with van der Waals surface area (Å²) in [4.78, 5) is 35.5. The molecule has 0 amide bonds. The average Bonchev–Trinajstić information content (AvgIpc) is 3.07. The van der Waals surface area contributed by atoms with E-state index >= 15 is 0 Å². The van der Waals surface area contributed by atoms with Gasteiger partial charge in [0.25, 0.3) is 0 Å². The average molecular weight is 431 g/mol. The Morgan fingerprint density at radius 3 is 1.71 bits per heavy atom. The number of carbonyl (C=O) groups is 3. The second-order valence-corrected chi connectivity index (χ2v) is 9.44. The Labute approximate surface area is 186 Å². The first kappa shape index (κ1) is 25.1. The maximum absolute atomic E-state index is 11.9. The third-order valence-electron chi connectivity index (χ3n) is 7.31. The fourth-order valence-electron chi connectivity index (χ4n) is 4.51. The molecule has 0 spiro atoms. The third kappa shape index (κ3) is 5.55. The molecule has 2 aliphatic carbocycles. The van der Waals surface area contributed by atoms with Gasteiger partial charge < -0.3 is 9.47 Å². The highest BCUT2D eigenvalue weighted by Gasteiger charge is 2.61. The summed E-state index contributed by atoms with van der Waals surface area (Å²) in [5, 5.41) is 0. The first-order valence-electron chi connectivity index (χ1n) is 11.7. The Hall–Kier alpha value is -2.17. The Kier molecular flexibility index (Phi) is 8.84. The molecule has 3 rings (SSSR count). The van der Waals surface area contributed by atoms with Crippen molar-refractivity contribution in [2.75, 3.05) is 13.2 Å². The first-order chi connectivity index (χ1) is 14.7. The second kappa shape index (κ2) is 10.9. The summed E-state index contributed by atoms with van der Waals surface area (Å²) in [6.07, 6.45) is 6.79. The van der Waals surface area contributed by atoms with Gasteiger partial charge in [0.1, 0.15) is 5.78 Å². The van der Waals surface area contributed by atoms with Crippen molar-refractivity contribution in [2.45, 2.75) is 79.6 Å². The standard InChI is InChI=1S/C16H22O4.C10H16O/c1-3-5-11-19-15(17)13-9-7-8-10-14(13)16(18)20-12-6-4-2;1-9(2)7-4-5-10(9,3)8(11)6-7/h7-10H,3-6,11-12H2,1-2H3;7H,4-6H2,1-3H3/t;7-,10+/m.1/s1. The highest BCUT2D eigenvalue weighted by atomic mass is 16.5. The van der Waals surface area contributed by atoms with Crippen LogP contribution in [0.3, 0.4) is 0 Å². The van der Waals surface area contributed by atoms with Crippen LogP contribution in [-0.4, -0.2) is 30.9 Å². The molecule has 5 nitrogen and oxygen atoms in total. The van der Waals surface area contributed by atoms with Crippen LogP contribution < -0.4 is 0 Å². The molecule has 2 atom stereocenters. The van der Waals surface area contributed by atoms with Gasteiger partial charge in [0.2, 0.25) is 0 Å². The van der Waals surface area contributed by atoms with E-state index in [0.29, 0.717) is 24.9 Å². The van der Waals surface area contributed by atoms with Crippen LogP contribution in [0, 0.1) is 16.7 Å². The lowest BCUT2D eigenvalue weighted by molar-refractivity contribution is -0.128. The number of carbonyl (C=O) groups excluding carboxylic acids is 3. The summed E-state index contributed by atoms with van der Waals surface area (Å²) in [5.41, 5.74) is 0.845. The zero-order valence-electron chi connectivity index (χ0n) is 19.8. The number of fused-ring (bicyclic) bond motifs is 2. The van der Waals surface area contributed by atoms with Crippen molar-refractivity contribution >= 4 is 17.7 Å². The smallest absolute Gasteiger partial charge is 0.339 e. The molecular formula is C26H38O5. The summed E-state index contributed by atoms with van der Waals surface area (Å²) in [5.74, 6) is 0.252. The Morgan fingerprint density at radius 2 is 1.42 bits per heavy atom. The molecule has 0 radical (unpaired) electrons. The van der Waals surface area contributed by atoms with Crippen molar-refractivity contribution < 1.29 is 23.9 Å². The molecule has 172 valence electrons. The highest BCUT2D eigenvalue weighted by molar-refractivity contribution is 6.03. The predicted octanol–water partition coefficient (Wildman–Crippen LogP) is 6.00. The fourth-order valence-corrected chi connectivity index (χ4v) is 4.51. The summed E-state index contributed by atoms with van der Waals surface area (Å²) in [6.45, 7) is 11.5. The quantitative estimate of drug-likeness (QED) is 0.373. The number of ether oxygens (including phenoxy) is 2. The van der Waals surface area contributed by atoms with Crippen molar-refractivity contribution in [1.29, 1.82) is 0 Å². The molecule has 0 heterocycles. The summed E-state index contributed by atoms with van der Waals surface area (Å²) >= 11 is 0. The van der Waals surface area contributed by atoms with Crippen LogP contribution in [0.5, 0.6) is 0 Å². The Balaban J connectivity index is 0.000000258. The molecule has 2 aliphatic rings. The largest absolute Gasteiger partial charge is 0.462 e. The monoisotopic (exact) mass is 430 g/mol. The zero-order chi connectivity index (χ0) is 23.1. The number of esters is 2. The lowest BCUT2D eigenvalue weighted by Gasteiger charge is -2.32. The van der Waals surface area contributed by atoms with Crippen LogP contribution in [-0.2, 0) is 14.3 Å². The fraction of sp³-hybridized carbons (Fsp3) is 0.654. The molecule has 2 bridgehead atoms. The van der Waals surface area contributed by atoms with Gasteiger partial charge in [0, 0.05) is 11.8 Å². The van der Waals surface area contributed by atoms with Crippen molar-refractivity contribution in [1.82, 2.24) is 0 Å². The van der Waals surface area contributed by atoms with Crippen molar-refractivity contribution in [2.24, 2.45) is 16.7 Å². The number of rotatable bonds is 8. The van der Waals surface area contributed by atoms with E-state index in [4.69, 9.17) is 9.47 Å². The summed E-state index contributed by atoms with van der Waals surface area (Å²) in [6, 6.07) is 6.59. The molecule has 2 saturated carbocycles. The van der Waals surface area contributed by atoms with Gasteiger partial charge in [-0.1, -0.05) is 59.6 Å². The van der Waals surface area contributed by atoms with Gasteiger partial charge in [-0.2, -0.15) is 0 Å². The van der Waals surface area contributed by atoms with Gasteiger partial charge in [-0.15, -0.1) is 0 Å². The third-order valence-corrected chi connectivity index (χ3v) is 7.31. The van der Waals surface area contributed by atoms with E-state index in [9.17, 15) is 14.4 Å². The number of hydrogen-bond acceptors (Lipinski definition) is 5. The number of unbranched alkanes of at least 4 members (excludes halogenated alkanes) is 2. The second-order valence-electron chi connectivity index (χ2n) is 9.44. The maximum atomic E-state index is 11.9. The van der Waals surface area contributed by atoms with Crippen LogP contribution in [0.1, 0.15) is 100 Å². The van der Waals surface area contributed by atoms with E-state index in [1.807, 2.05) is 13.8 Å². The predicted molar refractivity (Wildman–Crippen MR) is 121 cm³/mol. The highest BCUT2D eigenvalue weighted by Crippen LogP contribution is 2.63. The molecule has 0 aliphatic heterocycles. The van der Waals surface area contributed by atoms with Gasteiger partial charge in [-0.05, 0) is 49.1 Å². The lowest BCUT2D eigenvalue weighted by atomic mass is 9.70. The molecule has 5 heteroatoms. The summed E-state index contributed by atoms with van der Waals surface area (Å²) in [7, 11) is 0. The van der Waals surface area contributed by atoms with E-state index in [0.717, 1.165) is 38.5 Å². The molecule has 2 fully saturated rings. The van der Waals surface area contributed by atoms with Gasteiger partial charge in [0.05, 0.1) is 24.3 Å². The number of hydrogen-bond donors (Lipinski definition) is 0. The molecule has 0 saturated heterocycles. The van der Waals surface area contributed by atoms with Crippen LogP contribution in [0.2, 0.25) is 0 Å². The van der Waals surface area contributed by atoms with E-state index in [-0.39, 0.29) is 22.0 Å². The minimum Gasteiger partial charge on any atom is -0.462 e. The van der Waals surface area contributed by atoms with E-state index in [1.54, 1.807) is 24.3 Å². The first-order valence-corrected chi connectivity index (χ1v) is 11.7. The van der Waals surface area contributed by atoms with Crippen molar-refractivity contribution in [3.05, 3.63) is 35.4 Å².